The highest BCUT2D eigenvalue weighted by Crippen LogP contribution is 2.37. The summed E-state index contributed by atoms with van der Waals surface area (Å²) in [5.74, 6) is -0.100. The van der Waals surface area contributed by atoms with Gasteiger partial charge in [0.25, 0.3) is 5.91 Å². The maximum atomic E-state index is 12.9. The predicted octanol–water partition coefficient (Wildman–Crippen LogP) is 2.67. The minimum atomic E-state index is -0.244. The second-order valence-corrected chi connectivity index (χ2v) is 7.85. The van der Waals surface area contributed by atoms with Crippen LogP contribution in [0.25, 0.3) is 16.9 Å². The van der Waals surface area contributed by atoms with Crippen LogP contribution in [0.5, 0.6) is 0 Å². The van der Waals surface area contributed by atoms with Crippen molar-refractivity contribution in [2.45, 2.75) is 25.8 Å². The zero-order chi connectivity index (χ0) is 22.2. The smallest absolute Gasteiger partial charge is 0.308 e. The van der Waals surface area contributed by atoms with Crippen molar-refractivity contribution in [1.29, 1.82) is 0 Å². The zero-order valence-electron chi connectivity index (χ0n) is 17.6. The molecule has 0 unspecified atom stereocenters. The monoisotopic (exact) mass is 431 g/mol. The van der Waals surface area contributed by atoms with Crippen molar-refractivity contribution in [1.82, 2.24) is 29.8 Å². The van der Waals surface area contributed by atoms with E-state index in [4.69, 9.17) is 4.74 Å². The Morgan fingerprint density at radius 1 is 1.19 bits per heavy atom. The quantitative estimate of drug-likeness (QED) is 0.483. The first-order valence-electron chi connectivity index (χ1n) is 10.3. The van der Waals surface area contributed by atoms with E-state index in [1.165, 1.54) is 7.11 Å². The lowest BCUT2D eigenvalue weighted by Gasteiger charge is -2.31. The molecule has 5 rings (SSSR count). The lowest BCUT2D eigenvalue weighted by molar-refractivity contribution is -0.150. The van der Waals surface area contributed by atoms with Gasteiger partial charge in [-0.2, -0.15) is 9.90 Å². The topological polar surface area (TPSA) is 116 Å². The van der Waals surface area contributed by atoms with Crippen LogP contribution in [-0.4, -0.2) is 48.8 Å². The van der Waals surface area contributed by atoms with Crippen molar-refractivity contribution >= 4 is 23.1 Å². The fraction of sp³-hybridized carbons (Fsp3) is 0.273. The van der Waals surface area contributed by atoms with Gasteiger partial charge in [-0.1, -0.05) is 18.2 Å². The molecule has 10 nitrogen and oxygen atoms in total. The maximum Gasteiger partial charge on any atom is 0.308 e. The molecule has 162 valence electrons. The van der Waals surface area contributed by atoms with E-state index in [9.17, 15) is 9.59 Å². The number of hydrogen-bond donors (Lipinski definition) is 1. The molecule has 0 atom stereocenters. The van der Waals surface area contributed by atoms with Crippen molar-refractivity contribution in [3.8, 4) is 11.4 Å². The standard InChI is InChI=1S/C22H21N7O3/c1-13-6-7-14(20-25-27-29(26-20)16-9-15(10-16)22(31)32-2)11-18(13)24-21(30)17-12-23-28-8-4-3-5-19(17)28/h3-8,11-12,15-16H,9-10H2,1-2H3,(H,24,30). The molecule has 32 heavy (non-hydrogen) atoms. The molecule has 1 saturated carbocycles. The molecule has 1 amide bonds. The second kappa shape index (κ2) is 7.88. The number of aromatic nitrogens is 6. The van der Waals surface area contributed by atoms with Gasteiger partial charge in [-0.15, -0.1) is 10.2 Å². The van der Waals surface area contributed by atoms with Crippen LogP contribution in [0.4, 0.5) is 5.69 Å². The Hall–Kier alpha value is -4.08. The Morgan fingerprint density at radius 3 is 2.84 bits per heavy atom. The van der Waals surface area contributed by atoms with E-state index in [0.717, 1.165) is 16.6 Å². The van der Waals surface area contributed by atoms with Crippen LogP contribution < -0.4 is 5.32 Å². The number of aryl methyl sites for hydroxylation is 1. The average molecular weight is 431 g/mol. The van der Waals surface area contributed by atoms with Gasteiger partial charge in [-0.05, 0) is 48.7 Å². The normalized spacial score (nSPS) is 17.7. The Labute approximate surface area is 183 Å². The van der Waals surface area contributed by atoms with Gasteiger partial charge in [0.05, 0.1) is 36.3 Å². The molecule has 1 aliphatic rings. The highest BCUT2D eigenvalue weighted by molar-refractivity contribution is 6.09. The van der Waals surface area contributed by atoms with Crippen LogP contribution in [0.1, 0.15) is 34.8 Å². The van der Waals surface area contributed by atoms with Crippen molar-refractivity contribution in [2.75, 3.05) is 12.4 Å². The van der Waals surface area contributed by atoms with E-state index >= 15 is 0 Å². The van der Waals surface area contributed by atoms with Gasteiger partial charge in [-0.25, -0.2) is 4.52 Å². The van der Waals surface area contributed by atoms with Crippen LogP contribution >= 0.6 is 0 Å². The third kappa shape index (κ3) is 3.49. The van der Waals surface area contributed by atoms with E-state index < -0.39 is 0 Å². The first kappa shape index (κ1) is 19.9. The summed E-state index contributed by atoms with van der Waals surface area (Å²) in [6, 6.07) is 11.2. The summed E-state index contributed by atoms with van der Waals surface area (Å²) in [7, 11) is 1.39. The van der Waals surface area contributed by atoms with Crippen LogP contribution in [0.15, 0.2) is 48.8 Å². The van der Waals surface area contributed by atoms with Crippen LogP contribution in [-0.2, 0) is 9.53 Å². The van der Waals surface area contributed by atoms with Gasteiger partial charge < -0.3 is 10.1 Å². The fourth-order valence-electron chi connectivity index (χ4n) is 3.83. The third-order valence-corrected chi connectivity index (χ3v) is 5.82. The van der Waals surface area contributed by atoms with Gasteiger partial charge in [0, 0.05) is 17.4 Å². The molecule has 3 aromatic heterocycles. The van der Waals surface area contributed by atoms with Crippen molar-refractivity contribution < 1.29 is 14.3 Å². The molecule has 3 heterocycles. The summed E-state index contributed by atoms with van der Waals surface area (Å²) >= 11 is 0. The highest BCUT2D eigenvalue weighted by Gasteiger charge is 2.38. The summed E-state index contributed by atoms with van der Waals surface area (Å²) in [5.41, 5.74) is 3.53. The Bertz CT molecular complexity index is 1320. The van der Waals surface area contributed by atoms with Gasteiger partial charge in [-0.3, -0.25) is 9.59 Å². The van der Waals surface area contributed by atoms with Gasteiger partial charge >= 0.3 is 5.97 Å². The number of pyridine rings is 1. The van der Waals surface area contributed by atoms with E-state index in [0.29, 0.717) is 29.9 Å². The Kier molecular flexibility index (Phi) is 4.89. The lowest BCUT2D eigenvalue weighted by atomic mass is 9.81. The number of esters is 1. The molecule has 0 aliphatic heterocycles. The minimum Gasteiger partial charge on any atom is -0.469 e. The van der Waals surface area contributed by atoms with E-state index in [2.05, 4.69) is 25.8 Å². The highest BCUT2D eigenvalue weighted by atomic mass is 16.5. The molecule has 0 radical (unpaired) electrons. The molecule has 4 aromatic rings. The SMILES string of the molecule is COC(=O)C1CC(n2nnc(-c3ccc(C)c(NC(=O)c4cnn5ccccc45)c3)n2)C1. The summed E-state index contributed by atoms with van der Waals surface area (Å²) < 4.78 is 6.43. The number of anilines is 1. The number of nitrogens with zero attached hydrogens (tertiary/aromatic N) is 6. The Balaban J connectivity index is 1.34. The van der Waals surface area contributed by atoms with Crippen molar-refractivity contribution in [3.05, 3.63) is 59.9 Å². The lowest BCUT2D eigenvalue weighted by Crippen LogP contribution is -2.34. The number of fused-ring (bicyclic) bond motifs is 1. The predicted molar refractivity (Wildman–Crippen MR) is 115 cm³/mol. The zero-order valence-corrected chi connectivity index (χ0v) is 17.6. The van der Waals surface area contributed by atoms with Crippen LogP contribution in [0, 0.1) is 12.8 Å². The third-order valence-electron chi connectivity index (χ3n) is 5.82. The largest absolute Gasteiger partial charge is 0.469 e. The molecule has 1 fully saturated rings. The van der Waals surface area contributed by atoms with Gasteiger partial charge in [0.15, 0.2) is 0 Å². The van der Waals surface area contributed by atoms with Gasteiger partial charge in [0.2, 0.25) is 5.82 Å². The molecular weight excluding hydrogens is 410 g/mol. The first-order valence-corrected chi connectivity index (χ1v) is 10.3. The van der Waals surface area contributed by atoms with Gasteiger partial charge in [0.1, 0.15) is 0 Å². The number of amides is 1. The summed E-state index contributed by atoms with van der Waals surface area (Å²) in [6.45, 7) is 1.92. The maximum absolute atomic E-state index is 12.9. The number of methoxy groups -OCH3 is 1. The van der Waals surface area contributed by atoms with Crippen molar-refractivity contribution in [2.24, 2.45) is 5.92 Å². The summed E-state index contributed by atoms with van der Waals surface area (Å²) in [4.78, 5) is 26.0. The first-order chi connectivity index (χ1) is 15.5. The number of ether oxygens (including phenoxy) is 1. The average Bonchev–Trinajstić information content (AvgIpc) is 3.41. The number of rotatable bonds is 5. The molecule has 0 spiro atoms. The van der Waals surface area contributed by atoms with E-state index in [-0.39, 0.29) is 23.8 Å². The molecule has 10 heteroatoms. The van der Waals surface area contributed by atoms with Crippen molar-refractivity contribution in [3.63, 3.8) is 0 Å². The molecular formula is C22H21N7O3. The van der Waals surface area contributed by atoms with Crippen LogP contribution in [0.3, 0.4) is 0 Å². The number of tetrazole rings is 1. The molecule has 1 aliphatic carbocycles. The van der Waals surface area contributed by atoms with E-state index in [1.807, 2.05) is 43.3 Å². The fourth-order valence-corrected chi connectivity index (χ4v) is 3.83. The van der Waals surface area contributed by atoms with E-state index in [1.54, 1.807) is 21.7 Å². The minimum absolute atomic E-state index is 0.0283. The molecule has 1 aromatic carbocycles. The number of carbonyl (C=O) groups excluding carboxylic acids is 2. The summed E-state index contributed by atoms with van der Waals surface area (Å²) in [5, 5.41) is 20.0. The molecule has 0 bridgehead atoms. The van der Waals surface area contributed by atoms with Crippen LogP contribution in [0.2, 0.25) is 0 Å². The number of carbonyl (C=O) groups is 2. The second-order valence-electron chi connectivity index (χ2n) is 7.85. The Morgan fingerprint density at radius 2 is 2.03 bits per heavy atom. The molecule has 1 N–H and O–H groups in total. The number of benzene rings is 1. The summed E-state index contributed by atoms with van der Waals surface area (Å²) in [6.07, 6.45) is 4.62. The number of nitrogens with one attached hydrogen (secondary N) is 1. The number of hydrogen-bond acceptors (Lipinski definition) is 7. The molecule has 0 saturated heterocycles.